The summed E-state index contributed by atoms with van der Waals surface area (Å²) in [7, 11) is 0. The number of benzene rings is 2. The lowest BCUT2D eigenvalue weighted by atomic mass is 9.98. The van der Waals surface area contributed by atoms with Gasteiger partial charge < -0.3 is 20.1 Å². The van der Waals surface area contributed by atoms with E-state index in [-0.39, 0.29) is 25.0 Å². The highest BCUT2D eigenvalue weighted by atomic mass is 16.5. The molecule has 1 aliphatic rings. The van der Waals surface area contributed by atoms with Gasteiger partial charge in [-0.3, -0.25) is 9.59 Å². The second-order valence-electron chi connectivity index (χ2n) is 7.91. The normalized spacial score (nSPS) is 16.6. The van der Waals surface area contributed by atoms with Gasteiger partial charge >= 0.3 is 5.97 Å². The van der Waals surface area contributed by atoms with Gasteiger partial charge in [0.25, 0.3) is 0 Å². The summed E-state index contributed by atoms with van der Waals surface area (Å²) < 4.78 is 11.0. The van der Waals surface area contributed by atoms with Gasteiger partial charge in [-0.05, 0) is 49.1 Å². The van der Waals surface area contributed by atoms with E-state index < -0.39 is 12.0 Å². The molecule has 168 valence electrons. The lowest BCUT2D eigenvalue weighted by molar-refractivity contribution is -0.149. The summed E-state index contributed by atoms with van der Waals surface area (Å²) in [4.78, 5) is 26.9. The fourth-order valence-electron chi connectivity index (χ4n) is 3.81. The maximum atomic E-state index is 12.9. The summed E-state index contributed by atoms with van der Waals surface area (Å²) in [6.45, 7) is 1.25. The Labute approximate surface area is 188 Å². The first-order chi connectivity index (χ1) is 15.6. The SMILES string of the molecule is N#Cc1ccc(OCCC2CCCCN2C(=O)[C@@H](N)CC(=O)OCc2ccccc2)cc1. The van der Waals surface area contributed by atoms with Crippen LogP contribution in [0.25, 0.3) is 0 Å². The average Bonchev–Trinajstić information content (AvgIpc) is 2.83. The second kappa shape index (κ2) is 11.9. The van der Waals surface area contributed by atoms with E-state index in [1.54, 1.807) is 29.2 Å². The third kappa shape index (κ3) is 6.82. The van der Waals surface area contributed by atoms with Crippen LogP contribution in [0.4, 0.5) is 0 Å². The Morgan fingerprint density at radius 2 is 1.88 bits per heavy atom. The van der Waals surface area contributed by atoms with Crippen molar-refractivity contribution in [2.75, 3.05) is 13.2 Å². The van der Waals surface area contributed by atoms with Crippen LogP contribution >= 0.6 is 0 Å². The van der Waals surface area contributed by atoms with Crippen LogP contribution in [0.3, 0.4) is 0 Å². The van der Waals surface area contributed by atoms with Gasteiger partial charge in [-0.1, -0.05) is 30.3 Å². The molecule has 2 aromatic rings. The Kier molecular flexibility index (Phi) is 8.64. The molecule has 1 fully saturated rings. The van der Waals surface area contributed by atoms with Gasteiger partial charge in [0.2, 0.25) is 5.91 Å². The first kappa shape index (κ1) is 23.3. The van der Waals surface area contributed by atoms with Crippen LogP contribution in [-0.2, 0) is 20.9 Å². The Balaban J connectivity index is 1.46. The smallest absolute Gasteiger partial charge is 0.308 e. The monoisotopic (exact) mass is 435 g/mol. The van der Waals surface area contributed by atoms with Crippen molar-refractivity contribution in [3.63, 3.8) is 0 Å². The number of nitrogens with two attached hydrogens (primary N) is 1. The van der Waals surface area contributed by atoms with Crippen molar-refractivity contribution in [2.24, 2.45) is 5.73 Å². The second-order valence-corrected chi connectivity index (χ2v) is 7.91. The topological polar surface area (TPSA) is 106 Å². The quantitative estimate of drug-likeness (QED) is 0.607. The summed E-state index contributed by atoms with van der Waals surface area (Å²) in [6, 6.07) is 17.5. The molecule has 0 saturated carbocycles. The Morgan fingerprint density at radius 3 is 2.59 bits per heavy atom. The lowest BCUT2D eigenvalue weighted by Crippen LogP contribution is -2.51. The molecule has 2 N–H and O–H groups in total. The van der Waals surface area contributed by atoms with E-state index in [1.165, 1.54) is 0 Å². The molecule has 1 saturated heterocycles. The van der Waals surface area contributed by atoms with Gasteiger partial charge in [0.15, 0.2) is 0 Å². The van der Waals surface area contributed by atoms with Gasteiger partial charge in [-0.25, -0.2) is 0 Å². The average molecular weight is 436 g/mol. The molecule has 1 heterocycles. The molecule has 2 aromatic carbocycles. The number of piperidine rings is 1. The van der Waals surface area contributed by atoms with Crippen molar-refractivity contribution in [1.29, 1.82) is 5.26 Å². The standard InChI is InChI=1S/C25H29N3O4/c26-17-19-9-11-22(12-10-19)31-15-13-21-8-4-5-14-28(21)25(30)23(27)16-24(29)32-18-20-6-2-1-3-7-20/h1-3,6-7,9-12,21,23H,4-5,8,13-16,18,27H2/t21?,23-/m0/s1. The van der Waals surface area contributed by atoms with Gasteiger partial charge in [0.1, 0.15) is 12.4 Å². The van der Waals surface area contributed by atoms with Crippen LogP contribution < -0.4 is 10.5 Å². The van der Waals surface area contributed by atoms with Crippen LogP contribution in [0.1, 0.15) is 43.2 Å². The third-order valence-corrected chi connectivity index (χ3v) is 5.56. The van der Waals surface area contributed by atoms with Gasteiger partial charge in [-0.15, -0.1) is 0 Å². The van der Waals surface area contributed by atoms with E-state index in [0.717, 1.165) is 24.8 Å². The van der Waals surface area contributed by atoms with E-state index in [2.05, 4.69) is 6.07 Å². The molecule has 3 rings (SSSR count). The number of hydrogen-bond acceptors (Lipinski definition) is 6. The summed E-state index contributed by atoms with van der Waals surface area (Å²) in [5.41, 5.74) is 7.55. The van der Waals surface area contributed by atoms with Gasteiger partial charge in [0.05, 0.1) is 30.7 Å². The van der Waals surface area contributed by atoms with Gasteiger partial charge in [-0.2, -0.15) is 5.26 Å². The van der Waals surface area contributed by atoms with Crippen LogP contribution in [0.5, 0.6) is 5.75 Å². The summed E-state index contributed by atoms with van der Waals surface area (Å²) in [5, 5.41) is 8.87. The molecule has 0 radical (unpaired) electrons. The third-order valence-electron chi connectivity index (χ3n) is 5.56. The van der Waals surface area contributed by atoms with Gasteiger partial charge in [0, 0.05) is 19.0 Å². The number of ether oxygens (including phenoxy) is 2. The lowest BCUT2D eigenvalue weighted by Gasteiger charge is -2.37. The molecular weight excluding hydrogens is 406 g/mol. The minimum atomic E-state index is -0.918. The molecule has 1 aliphatic heterocycles. The molecule has 1 unspecified atom stereocenters. The number of esters is 1. The minimum absolute atomic E-state index is 0.0287. The predicted octanol–water partition coefficient (Wildman–Crippen LogP) is 3.17. The number of carbonyl (C=O) groups is 2. The maximum Gasteiger partial charge on any atom is 0.308 e. The number of nitrogens with zero attached hydrogens (tertiary/aromatic N) is 2. The van der Waals surface area contributed by atoms with Crippen molar-refractivity contribution in [3.05, 3.63) is 65.7 Å². The van der Waals surface area contributed by atoms with E-state index in [0.29, 0.717) is 30.9 Å². The molecular formula is C25H29N3O4. The molecule has 32 heavy (non-hydrogen) atoms. The van der Waals surface area contributed by atoms with Crippen molar-refractivity contribution in [3.8, 4) is 11.8 Å². The predicted molar refractivity (Wildman–Crippen MR) is 119 cm³/mol. The number of hydrogen-bond donors (Lipinski definition) is 1. The highest BCUT2D eigenvalue weighted by Crippen LogP contribution is 2.22. The first-order valence-electron chi connectivity index (χ1n) is 11.0. The van der Waals surface area contributed by atoms with Crippen LogP contribution in [-0.4, -0.2) is 42.0 Å². The fourth-order valence-corrected chi connectivity index (χ4v) is 3.81. The van der Waals surface area contributed by atoms with Crippen molar-refractivity contribution in [2.45, 2.75) is 50.8 Å². The highest BCUT2D eigenvalue weighted by molar-refractivity contribution is 5.86. The number of carbonyl (C=O) groups excluding carboxylic acids is 2. The summed E-state index contributed by atoms with van der Waals surface area (Å²) >= 11 is 0. The number of amides is 1. The highest BCUT2D eigenvalue weighted by Gasteiger charge is 2.31. The van der Waals surface area contributed by atoms with Crippen molar-refractivity contribution < 1.29 is 19.1 Å². The molecule has 0 spiro atoms. The first-order valence-corrected chi connectivity index (χ1v) is 11.0. The molecule has 0 bridgehead atoms. The Hall–Kier alpha value is -3.37. The zero-order chi connectivity index (χ0) is 22.8. The molecule has 7 heteroatoms. The van der Waals surface area contributed by atoms with E-state index >= 15 is 0 Å². The van der Waals surface area contributed by atoms with Crippen LogP contribution in [0, 0.1) is 11.3 Å². The Morgan fingerprint density at radius 1 is 1.12 bits per heavy atom. The van der Waals surface area contributed by atoms with Crippen LogP contribution in [0.15, 0.2) is 54.6 Å². The van der Waals surface area contributed by atoms with E-state index in [4.69, 9.17) is 20.5 Å². The number of rotatable bonds is 9. The minimum Gasteiger partial charge on any atom is -0.494 e. The summed E-state index contributed by atoms with van der Waals surface area (Å²) in [6.07, 6.45) is 3.38. The number of likely N-dealkylation sites (tertiary alicyclic amines) is 1. The zero-order valence-corrected chi connectivity index (χ0v) is 18.1. The number of nitriles is 1. The van der Waals surface area contributed by atoms with E-state index in [9.17, 15) is 9.59 Å². The molecule has 7 nitrogen and oxygen atoms in total. The van der Waals surface area contributed by atoms with Crippen LogP contribution in [0.2, 0.25) is 0 Å². The van der Waals surface area contributed by atoms with Crippen molar-refractivity contribution in [1.82, 2.24) is 4.90 Å². The van der Waals surface area contributed by atoms with E-state index in [1.807, 2.05) is 30.3 Å². The largest absolute Gasteiger partial charge is 0.494 e. The zero-order valence-electron chi connectivity index (χ0n) is 18.1. The molecule has 1 amide bonds. The Bertz CT molecular complexity index is 924. The fraction of sp³-hybridized carbons (Fsp3) is 0.400. The summed E-state index contributed by atoms with van der Waals surface area (Å²) in [5.74, 6) is -0.00676. The molecule has 2 atom stereocenters. The molecule has 0 aromatic heterocycles. The molecule has 0 aliphatic carbocycles. The van der Waals surface area contributed by atoms with Crippen molar-refractivity contribution >= 4 is 11.9 Å². The maximum absolute atomic E-state index is 12.9.